The summed E-state index contributed by atoms with van der Waals surface area (Å²) >= 11 is 1.45. The average molecular weight is 353 g/mol. The van der Waals surface area contributed by atoms with Crippen LogP contribution in [0.15, 0.2) is 35.7 Å². The van der Waals surface area contributed by atoms with E-state index in [1.165, 1.54) is 18.3 Å². The lowest BCUT2D eigenvalue weighted by atomic mass is 10.1. The molecule has 1 aliphatic heterocycles. The normalized spacial score (nSPS) is 14.7. The molecule has 1 aromatic heterocycles. The molecular weight excluding hydrogens is 334 g/mol. The van der Waals surface area contributed by atoms with E-state index in [0.29, 0.717) is 30.8 Å². The number of benzene rings is 1. The summed E-state index contributed by atoms with van der Waals surface area (Å²) in [6, 6.07) is 11.1. The summed E-state index contributed by atoms with van der Waals surface area (Å²) < 4.78 is 0. The van der Waals surface area contributed by atoms with Crippen LogP contribution in [-0.2, 0) is 0 Å². The fourth-order valence-electron chi connectivity index (χ4n) is 3.02. The minimum atomic E-state index is -0.0185. The van der Waals surface area contributed by atoms with Gasteiger partial charge in [0.15, 0.2) is 5.78 Å². The van der Waals surface area contributed by atoms with Crippen LogP contribution in [0.3, 0.4) is 0 Å². The Hall–Kier alpha value is -2.65. The summed E-state index contributed by atoms with van der Waals surface area (Å²) in [4.78, 5) is 28.9. The van der Waals surface area contributed by atoms with Crippen LogP contribution in [0.1, 0.15) is 38.9 Å². The first kappa shape index (κ1) is 17.2. The highest BCUT2D eigenvalue weighted by molar-refractivity contribution is 7.12. The number of nitrogens with zero attached hydrogens (tertiary/aromatic N) is 3. The predicted octanol–water partition coefficient (Wildman–Crippen LogP) is 3.17. The van der Waals surface area contributed by atoms with Crippen LogP contribution in [-0.4, -0.2) is 42.8 Å². The van der Waals surface area contributed by atoms with Crippen LogP contribution in [0.4, 0.5) is 5.69 Å². The SMILES string of the molecule is CC(=O)c1ccc(C#N)c(N2CCCN(C(=O)c3cccs3)CC2)c1. The minimum absolute atomic E-state index is 0.0185. The highest BCUT2D eigenvalue weighted by Gasteiger charge is 2.22. The number of hydrogen-bond acceptors (Lipinski definition) is 5. The molecule has 0 bridgehead atoms. The Bertz CT molecular complexity index is 824. The van der Waals surface area contributed by atoms with Gasteiger partial charge in [-0.25, -0.2) is 0 Å². The number of hydrogen-bond donors (Lipinski definition) is 0. The van der Waals surface area contributed by atoms with Gasteiger partial charge in [0.1, 0.15) is 6.07 Å². The smallest absolute Gasteiger partial charge is 0.263 e. The van der Waals surface area contributed by atoms with Crippen LogP contribution < -0.4 is 4.90 Å². The maximum absolute atomic E-state index is 12.5. The quantitative estimate of drug-likeness (QED) is 0.795. The first-order valence-electron chi connectivity index (χ1n) is 8.23. The second-order valence-electron chi connectivity index (χ2n) is 6.01. The van der Waals surface area contributed by atoms with E-state index in [2.05, 4.69) is 11.0 Å². The topological polar surface area (TPSA) is 64.4 Å². The molecule has 6 heteroatoms. The molecule has 0 saturated carbocycles. The third kappa shape index (κ3) is 3.72. The van der Waals surface area contributed by atoms with E-state index in [4.69, 9.17) is 0 Å². The van der Waals surface area contributed by atoms with Crippen molar-refractivity contribution in [2.45, 2.75) is 13.3 Å². The summed E-state index contributed by atoms with van der Waals surface area (Å²) in [5.41, 5.74) is 1.94. The van der Waals surface area contributed by atoms with Crippen molar-refractivity contribution in [2.24, 2.45) is 0 Å². The summed E-state index contributed by atoms with van der Waals surface area (Å²) in [5, 5.41) is 11.3. The van der Waals surface area contributed by atoms with Gasteiger partial charge < -0.3 is 9.80 Å². The highest BCUT2D eigenvalue weighted by Crippen LogP contribution is 2.24. The molecular formula is C19H19N3O2S. The zero-order valence-corrected chi connectivity index (χ0v) is 14.9. The van der Waals surface area contributed by atoms with E-state index in [0.717, 1.165) is 23.5 Å². The van der Waals surface area contributed by atoms with Gasteiger partial charge >= 0.3 is 0 Å². The third-order valence-corrected chi connectivity index (χ3v) is 5.24. The van der Waals surface area contributed by atoms with E-state index in [1.807, 2.05) is 22.4 Å². The number of amides is 1. The molecule has 1 amide bonds. The van der Waals surface area contributed by atoms with Gasteiger partial charge in [-0.15, -0.1) is 11.3 Å². The number of ketones is 1. The van der Waals surface area contributed by atoms with Crippen LogP contribution in [0.25, 0.3) is 0 Å². The van der Waals surface area contributed by atoms with Gasteiger partial charge in [-0.1, -0.05) is 6.07 Å². The van der Waals surface area contributed by atoms with Crippen molar-refractivity contribution in [1.29, 1.82) is 5.26 Å². The number of carbonyl (C=O) groups is 2. The van der Waals surface area contributed by atoms with Crippen molar-refractivity contribution >= 4 is 28.7 Å². The maximum atomic E-state index is 12.5. The van der Waals surface area contributed by atoms with E-state index in [-0.39, 0.29) is 11.7 Å². The van der Waals surface area contributed by atoms with Gasteiger partial charge in [-0.05, 0) is 43.0 Å². The molecule has 0 unspecified atom stereocenters. The lowest BCUT2D eigenvalue weighted by Gasteiger charge is -2.25. The Kier molecular flexibility index (Phi) is 5.15. The van der Waals surface area contributed by atoms with E-state index >= 15 is 0 Å². The van der Waals surface area contributed by atoms with Gasteiger partial charge in [0.05, 0.1) is 16.1 Å². The van der Waals surface area contributed by atoms with Crippen molar-refractivity contribution in [3.05, 3.63) is 51.7 Å². The molecule has 1 fully saturated rings. The molecule has 25 heavy (non-hydrogen) atoms. The maximum Gasteiger partial charge on any atom is 0.263 e. The van der Waals surface area contributed by atoms with Crippen molar-refractivity contribution in [2.75, 3.05) is 31.1 Å². The Morgan fingerprint density at radius 3 is 2.68 bits per heavy atom. The van der Waals surface area contributed by atoms with Crippen LogP contribution in [0, 0.1) is 11.3 Å². The Labute approximate surface area is 151 Å². The number of Topliss-reactive ketones (excluding diaryl/α,β-unsaturated/α-hetero) is 1. The molecule has 2 aromatic rings. The molecule has 128 valence electrons. The van der Waals surface area contributed by atoms with Crippen molar-refractivity contribution in [1.82, 2.24) is 4.90 Å². The number of thiophene rings is 1. The fourth-order valence-corrected chi connectivity index (χ4v) is 3.72. The van der Waals surface area contributed by atoms with E-state index in [1.54, 1.807) is 18.2 Å². The number of carbonyl (C=O) groups excluding carboxylic acids is 2. The summed E-state index contributed by atoms with van der Waals surface area (Å²) in [7, 11) is 0. The van der Waals surface area contributed by atoms with Crippen LogP contribution in [0.2, 0.25) is 0 Å². The van der Waals surface area contributed by atoms with Crippen molar-refractivity contribution in [3.63, 3.8) is 0 Å². The zero-order chi connectivity index (χ0) is 17.8. The second kappa shape index (κ2) is 7.49. The standard InChI is InChI=1S/C19H19N3O2S/c1-14(23)15-5-6-16(13-20)17(12-15)21-7-3-8-22(10-9-21)19(24)18-4-2-11-25-18/h2,4-6,11-12H,3,7-10H2,1H3. The van der Waals surface area contributed by atoms with Gasteiger partial charge in [-0.3, -0.25) is 9.59 Å². The third-order valence-electron chi connectivity index (χ3n) is 4.38. The van der Waals surface area contributed by atoms with Gasteiger partial charge in [0.2, 0.25) is 0 Å². The number of rotatable bonds is 3. The minimum Gasteiger partial charge on any atom is -0.369 e. The molecule has 0 spiro atoms. The molecule has 0 N–H and O–H groups in total. The van der Waals surface area contributed by atoms with Crippen LogP contribution in [0.5, 0.6) is 0 Å². The molecule has 1 aromatic carbocycles. The zero-order valence-electron chi connectivity index (χ0n) is 14.1. The van der Waals surface area contributed by atoms with Gasteiger partial charge in [0, 0.05) is 31.7 Å². The summed E-state index contributed by atoms with van der Waals surface area (Å²) in [6.45, 7) is 4.22. The average Bonchev–Trinajstić information content (AvgIpc) is 3.05. The monoisotopic (exact) mass is 353 g/mol. The lowest BCUT2D eigenvalue weighted by molar-refractivity contribution is 0.0771. The van der Waals surface area contributed by atoms with Crippen molar-refractivity contribution < 1.29 is 9.59 Å². The second-order valence-corrected chi connectivity index (χ2v) is 6.96. The lowest BCUT2D eigenvalue weighted by Crippen LogP contribution is -2.35. The van der Waals surface area contributed by atoms with Crippen LogP contribution >= 0.6 is 11.3 Å². The molecule has 0 aliphatic carbocycles. The molecule has 3 rings (SSSR count). The number of nitriles is 1. The predicted molar refractivity (Wildman–Crippen MR) is 98.2 cm³/mol. The summed E-state index contributed by atoms with van der Waals surface area (Å²) in [5.74, 6) is 0.0462. The first-order chi connectivity index (χ1) is 12.1. The number of anilines is 1. The van der Waals surface area contributed by atoms with Crippen molar-refractivity contribution in [3.8, 4) is 6.07 Å². The van der Waals surface area contributed by atoms with E-state index < -0.39 is 0 Å². The first-order valence-corrected chi connectivity index (χ1v) is 9.11. The van der Waals surface area contributed by atoms with E-state index in [9.17, 15) is 14.9 Å². The Morgan fingerprint density at radius 1 is 1.16 bits per heavy atom. The molecule has 1 aliphatic rings. The molecule has 5 nitrogen and oxygen atoms in total. The summed E-state index contributed by atoms with van der Waals surface area (Å²) in [6.07, 6.45) is 0.826. The Morgan fingerprint density at radius 2 is 2.00 bits per heavy atom. The molecule has 1 saturated heterocycles. The fraction of sp³-hybridized carbons (Fsp3) is 0.316. The molecule has 0 radical (unpaired) electrons. The van der Waals surface area contributed by atoms with Gasteiger partial charge in [0.25, 0.3) is 5.91 Å². The Balaban J connectivity index is 1.79. The molecule has 2 heterocycles. The highest BCUT2D eigenvalue weighted by atomic mass is 32.1. The van der Waals surface area contributed by atoms with Gasteiger partial charge in [-0.2, -0.15) is 5.26 Å². The largest absolute Gasteiger partial charge is 0.369 e. The molecule has 0 atom stereocenters.